The van der Waals surface area contributed by atoms with Crippen LogP contribution in [0.5, 0.6) is 0 Å². The van der Waals surface area contributed by atoms with Crippen LogP contribution >= 0.6 is 0 Å². The minimum Gasteiger partial charge on any atom is -0.465 e. The number of carbonyl (C=O) groups is 1. The molecular formula is C13H26N2O2. The first-order chi connectivity index (χ1) is 8.17. The van der Waals surface area contributed by atoms with Crippen molar-refractivity contribution in [1.29, 1.82) is 0 Å². The van der Waals surface area contributed by atoms with Crippen LogP contribution in [0.25, 0.3) is 0 Å². The molecule has 1 fully saturated rings. The van der Waals surface area contributed by atoms with E-state index in [9.17, 15) is 4.79 Å². The Hall–Kier alpha value is -0.610. The summed E-state index contributed by atoms with van der Waals surface area (Å²) in [5.41, 5.74) is 0. The van der Waals surface area contributed by atoms with Gasteiger partial charge in [-0.1, -0.05) is 6.92 Å². The predicted molar refractivity (Wildman–Crippen MR) is 68.9 cm³/mol. The summed E-state index contributed by atoms with van der Waals surface area (Å²) < 4.78 is 5.06. The summed E-state index contributed by atoms with van der Waals surface area (Å²) >= 11 is 0. The van der Waals surface area contributed by atoms with Crippen molar-refractivity contribution in [2.24, 2.45) is 5.92 Å². The zero-order valence-corrected chi connectivity index (χ0v) is 11.4. The predicted octanol–water partition coefficient (Wildman–Crippen LogP) is 1.26. The van der Waals surface area contributed by atoms with E-state index in [0.717, 1.165) is 25.6 Å². The largest absolute Gasteiger partial charge is 0.465 e. The monoisotopic (exact) mass is 242 g/mol. The number of likely N-dealkylation sites (tertiary alicyclic amines) is 1. The molecule has 100 valence electrons. The smallest absolute Gasteiger partial charge is 0.324 e. The molecule has 1 aliphatic heterocycles. The van der Waals surface area contributed by atoms with Crippen molar-refractivity contribution in [2.45, 2.75) is 39.2 Å². The summed E-state index contributed by atoms with van der Waals surface area (Å²) in [6.07, 6.45) is 3.78. The average molecular weight is 242 g/mol. The van der Waals surface area contributed by atoms with Crippen molar-refractivity contribution < 1.29 is 9.53 Å². The molecule has 0 aromatic rings. The Morgan fingerprint density at radius 2 is 2.24 bits per heavy atom. The van der Waals surface area contributed by atoms with Crippen LogP contribution in [0.4, 0.5) is 0 Å². The molecule has 0 spiro atoms. The van der Waals surface area contributed by atoms with Gasteiger partial charge in [-0.25, -0.2) is 0 Å². The number of nitrogens with one attached hydrogen (secondary N) is 1. The number of ether oxygens (including phenoxy) is 1. The Morgan fingerprint density at radius 3 is 2.88 bits per heavy atom. The summed E-state index contributed by atoms with van der Waals surface area (Å²) in [6.45, 7) is 7.57. The first kappa shape index (κ1) is 14.5. The molecule has 1 saturated heterocycles. The lowest BCUT2D eigenvalue weighted by Crippen LogP contribution is -2.45. The van der Waals surface area contributed by atoms with Gasteiger partial charge in [-0.15, -0.1) is 0 Å². The van der Waals surface area contributed by atoms with E-state index in [1.807, 2.05) is 14.0 Å². The van der Waals surface area contributed by atoms with Gasteiger partial charge in [-0.05, 0) is 52.2 Å². The summed E-state index contributed by atoms with van der Waals surface area (Å²) in [4.78, 5) is 14.1. The van der Waals surface area contributed by atoms with Gasteiger partial charge >= 0.3 is 5.97 Å². The molecule has 0 radical (unpaired) electrons. The first-order valence-corrected chi connectivity index (χ1v) is 6.73. The molecule has 0 aromatic carbocycles. The summed E-state index contributed by atoms with van der Waals surface area (Å²) in [6, 6.07) is -0.191. The van der Waals surface area contributed by atoms with Crippen molar-refractivity contribution >= 4 is 5.97 Å². The summed E-state index contributed by atoms with van der Waals surface area (Å²) in [5, 5.41) is 3.05. The standard InChI is InChI=1S/C13H26N2O2/c1-4-17-13(16)12(14-3)10-15-8-5-6-11(2)7-9-15/h11-12,14H,4-10H2,1-3H3. The maximum atomic E-state index is 11.7. The molecule has 1 heterocycles. The van der Waals surface area contributed by atoms with Crippen molar-refractivity contribution in [3.05, 3.63) is 0 Å². The quantitative estimate of drug-likeness (QED) is 0.737. The van der Waals surface area contributed by atoms with E-state index >= 15 is 0 Å². The van der Waals surface area contributed by atoms with Gasteiger partial charge < -0.3 is 15.0 Å². The number of hydrogen-bond acceptors (Lipinski definition) is 4. The van der Waals surface area contributed by atoms with Crippen LogP contribution in [-0.4, -0.2) is 50.2 Å². The molecule has 1 N–H and O–H groups in total. The molecule has 2 unspecified atom stereocenters. The lowest BCUT2D eigenvalue weighted by molar-refractivity contribution is -0.146. The second kappa shape index (κ2) is 7.67. The van der Waals surface area contributed by atoms with Crippen LogP contribution in [0.15, 0.2) is 0 Å². The highest BCUT2D eigenvalue weighted by atomic mass is 16.5. The molecule has 2 atom stereocenters. The fourth-order valence-electron chi connectivity index (χ4n) is 2.29. The second-order valence-corrected chi connectivity index (χ2v) is 4.93. The van der Waals surface area contributed by atoms with Crippen molar-refractivity contribution in [1.82, 2.24) is 10.2 Å². The SMILES string of the molecule is CCOC(=O)C(CN1CCCC(C)CC1)NC. The highest BCUT2D eigenvalue weighted by Crippen LogP contribution is 2.16. The molecule has 0 aliphatic carbocycles. The van der Waals surface area contributed by atoms with Crippen LogP contribution in [0.1, 0.15) is 33.1 Å². The van der Waals surface area contributed by atoms with E-state index in [4.69, 9.17) is 4.74 Å². The van der Waals surface area contributed by atoms with E-state index in [2.05, 4.69) is 17.1 Å². The van der Waals surface area contributed by atoms with Gasteiger partial charge in [0.1, 0.15) is 6.04 Å². The van der Waals surface area contributed by atoms with Crippen molar-refractivity contribution in [3.63, 3.8) is 0 Å². The normalized spacial score (nSPS) is 24.1. The van der Waals surface area contributed by atoms with E-state index in [0.29, 0.717) is 6.61 Å². The average Bonchev–Trinajstić information content (AvgIpc) is 2.51. The third kappa shape index (κ3) is 5.04. The van der Waals surface area contributed by atoms with Gasteiger partial charge in [0, 0.05) is 6.54 Å². The maximum Gasteiger partial charge on any atom is 0.324 e. The fourth-order valence-corrected chi connectivity index (χ4v) is 2.29. The summed E-state index contributed by atoms with van der Waals surface area (Å²) in [7, 11) is 1.82. The molecule has 4 nitrogen and oxygen atoms in total. The van der Waals surface area contributed by atoms with Crippen LogP contribution in [0, 0.1) is 5.92 Å². The Morgan fingerprint density at radius 1 is 1.47 bits per heavy atom. The van der Waals surface area contributed by atoms with E-state index in [-0.39, 0.29) is 12.0 Å². The molecule has 0 amide bonds. The van der Waals surface area contributed by atoms with Gasteiger partial charge in [-0.3, -0.25) is 4.79 Å². The van der Waals surface area contributed by atoms with Gasteiger partial charge in [0.2, 0.25) is 0 Å². The number of likely N-dealkylation sites (N-methyl/N-ethyl adjacent to an activating group) is 1. The van der Waals surface area contributed by atoms with Gasteiger partial charge in [0.25, 0.3) is 0 Å². The van der Waals surface area contributed by atoms with E-state index < -0.39 is 0 Å². The van der Waals surface area contributed by atoms with E-state index in [1.165, 1.54) is 19.3 Å². The van der Waals surface area contributed by atoms with Gasteiger partial charge in [0.15, 0.2) is 0 Å². The highest BCUT2D eigenvalue weighted by molar-refractivity contribution is 5.76. The number of carbonyl (C=O) groups excluding carboxylic acids is 1. The summed E-state index contributed by atoms with van der Waals surface area (Å²) in [5.74, 6) is 0.683. The lowest BCUT2D eigenvalue weighted by atomic mass is 10.0. The second-order valence-electron chi connectivity index (χ2n) is 4.93. The molecule has 1 aliphatic rings. The minimum atomic E-state index is -0.191. The van der Waals surface area contributed by atoms with Crippen molar-refractivity contribution in [3.8, 4) is 0 Å². The van der Waals surface area contributed by atoms with Crippen LogP contribution in [0.2, 0.25) is 0 Å². The van der Waals surface area contributed by atoms with Gasteiger partial charge in [-0.2, -0.15) is 0 Å². The van der Waals surface area contributed by atoms with Crippen LogP contribution in [-0.2, 0) is 9.53 Å². The third-order valence-electron chi connectivity index (χ3n) is 3.47. The maximum absolute atomic E-state index is 11.7. The molecule has 0 saturated carbocycles. The fraction of sp³-hybridized carbons (Fsp3) is 0.923. The zero-order valence-electron chi connectivity index (χ0n) is 11.4. The van der Waals surface area contributed by atoms with Crippen LogP contribution < -0.4 is 5.32 Å². The molecular weight excluding hydrogens is 216 g/mol. The molecule has 1 rings (SSSR count). The number of nitrogens with zero attached hydrogens (tertiary/aromatic N) is 1. The molecule has 0 aromatic heterocycles. The Bertz CT molecular complexity index is 233. The third-order valence-corrected chi connectivity index (χ3v) is 3.47. The Kier molecular flexibility index (Phi) is 6.52. The van der Waals surface area contributed by atoms with Crippen LogP contribution in [0.3, 0.4) is 0 Å². The van der Waals surface area contributed by atoms with E-state index in [1.54, 1.807) is 0 Å². The molecule has 4 heteroatoms. The zero-order chi connectivity index (χ0) is 12.7. The Labute approximate surface area is 105 Å². The Balaban J connectivity index is 2.41. The minimum absolute atomic E-state index is 0.132. The molecule has 0 bridgehead atoms. The topological polar surface area (TPSA) is 41.6 Å². The molecule has 17 heavy (non-hydrogen) atoms. The lowest BCUT2D eigenvalue weighted by Gasteiger charge is -2.24. The number of rotatable bonds is 5. The van der Waals surface area contributed by atoms with Gasteiger partial charge in [0.05, 0.1) is 6.61 Å². The number of hydrogen-bond donors (Lipinski definition) is 1. The first-order valence-electron chi connectivity index (χ1n) is 6.73. The van der Waals surface area contributed by atoms with Crippen molar-refractivity contribution in [2.75, 3.05) is 33.3 Å². The number of esters is 1. The highest BCUT2D eigenvalue weighted by Gasteiger charge is 2.22.